The van der Waals surface area contributed by atoms with E-state index in [0.29, 0.717) is 0 Å². The molecule has 0 amide bonds. The van der Waals surface area contributed by atoms with Crippen LogP contribution in [0.25, 0.3) is 105 Å². The molecule has 0 N–H and O–H groups in total. The maximum Gasteiger partial charge on any atom is 0.136 e. The van der Waals surface area contributed by atoms with Crippen LogP contribution in [0.5, 0.6) is 0 Å². The molecule has 5 heterocycles. The zero-order valence-electron chi connectivity index (χ0n) is 39.1. The van der Waals surface area contributed by atoms with Crippen molar-refractivity contribution in [3.63, 3.8) is 0 Å². The van der Waals surface area contributed by atoms with Crippen LogP contribution in [0.1, 0.15) is 77.0 Å². The summed E-state index contributed by atoms with van der Waals surface area (Å²) in [6.07, 6.45) is 5.36. The van der Waals surface area contributed by atoms with Gasteiger partial charge in [-0.3, -0.25) is 4.98 Å². The van der Waals surface area contributed by atoms with Gasteiger partial charge >= 0.3 is 0 Å². The molecule has 0 unspecified atom stereocenters. The smallest absolute Gasteiger partial charge is 0.136 e. The van der Waals surface area contributed by atoms with Crippen LogP contribution < -0.4 is 0 Å². The molecule has 12 aromatic rings. The zero-order valence-corrected chi connectivity index (χ0v) is 41.4. The fraction of sp³-hybridized carbons (Fsp3) is 0.167. The van der Waals surface area contributed by atoms with Crippen molar-refractivity contribution in [2.75, 3.05) is 0 Å². The summed E-state index contributed by atoms with van der Waals surface area (Å²) in [5.74, 6) is 1.19. The van der Waals surface area contributed by atoms with Gasteiger partial charge in [0.15, 0.2) is 0 Å². The molecule has 68 heavy (non-hydrogen) atoms. The normalized spacial score (nSPS) is 11.9. The van der Waals surface area contributed by atoms with Gasteiger partial charge in [-0.2, -0.15) is 0 Å². The topological polar surface area (TPSA) is 82.8 Å². The third kappa shape index (κ3) is 7.87. The molecule has 0 aliphatic carbocycles. The van der Waals surface area contributed by atoms with Crippen LogP contribution in [0, 0.1) is 12.1 Å². The van der Waals surface area contributed by atoms with Gasteiger partial charge in [-0.25, -0.2) is 9.97 Å². The number of pyridine rings is 1. The summed E-state index contributed by atoms with van der Waals surface area (Å²) >= 11 is 0. The molecule has 0 spiro atoms. The van der Waals surface area contributed by atoms with Crippen LogP contribution in [-0.4, -0.2) is 24.5 Å². The number of rotatable bonds is 6. The summed E-state index contributed by atoms with van der Waals surface area (Å²) in [6, 6.07) is 54.8. The standard InChI is InChI=1S/C45H33N4O2.C15H16N.Ir/c1-25(2)33-19-29(27-11-6-5-7-12-27)20-34(26(3)4)42(33)49-43-37(18-17-28-23-46-24-47-41(28)43)48-45(49)32-15-10-14-31-36-22-39-35(21-40(36)51-44(31)32)30-13-8-9-16-38(30)50-39;1-15(2,3)13-9-10-16-14(11-13)12-7-5-4-6-8-12;/h5-14,16-26H,1-4H3;4-7,9-11H,1-3H3;/q2*-1;. The van der Waals surface area contributed by atoms with Crippen molar-refractivity contribution >= 4 is 65.8 Å². The Balaban J connectivity index is 0.000000270. The van der Waals surface area contributed by atoms with Gasteiger partial charge in [0.2, 0.25) is 0 Å². The van der Waals surface area contributed by atoms with Gasteiger partial charge in [0, 0.05) is 59.7 Å². The Hall–Kier alpha value is -7.25. The predicted molar refractivity (Wildman–Crippen MR) is 274 cm³/mol. The molecule has 0 bridgehead atoms. The molecule has 0 aliphatic heterocycles. The van der Waals surface area contributed by atoms with Gasteiger partial charge < -0.3 is 18.4 Å². The minimum absolute atomic E-state index is 0. The molecule has 0 aliphatic rings. The van der Waals surface area contributed by atoms with E-state index in [2.05, 4.69) is 166 Å². The van der Waals surface area contributed by atoms with Gasteiger partial charge in [0.1, 0.15) is 23.1 Å². The molecule has 0 saturated heterocycles. The Morgan fingerprint density at radius 1 is 0.618 bits per heavy atom. The second-order valence-corrected chi connectivity index (χ2v) is 18.9. The quantitative estimate of drug-likeness (QED) is 0.154. The summed E-state index contributed by atoms with van der Waals surface area (Å²) < 4.78 is 15.4. The first-order valence-corrected chi connectivity index (χ1v) is 23.0. The van der Waals surface area contributed by atoms with E-state index in [0.717, 1.165) is 94.1 Å². The maximum absolute atomic E-state index is 6.82. The van der Waals surface area contributed by atoms with E-state index >= 15 is 0 Å². The number of hydrogen-bond donors (Lipinski definition) is 0. The van der Waals surface area contributed by atoms with Crippen molar-refractivity contribution in [3.8, 4) is 39.5 Å². The molecular formula is C60H49IrN5O2-2. The first-order valence-electron chi connectivity index (χ1n) is 23.0. The minimum atomic E-state index is 0. The number of para-hydroxylation sites is 1. The summed E-state index contributed by atoms with van der Waals surface area (Å²) in [5.41, 5.74) is 16.1. The largest absolute Gasteiger partial charge is 0.501 e. The van der Waals surface area contributed by atoms with Gasteiger partial charge in [-0.1, -0.05) is 114 Å². The molecule has 5 aromatic heterocycles. The van der Waals surface area contributed by atoms with Crippen molar-refractivity contribution in [2.45, 2.75) is 65.7 Å². The van der Waals surface area contributed by atoms with Gasteiger partial charge in [-0.05, 0) is 99.3 Å². The number of nitrogens with zero attached hydrogens (tertiary/aromatic N) is 5. The van der Waals surface area contributed by atoms with E-state index < -0.39 is 0 Å². The van der Waals surface area contributed by atoms with E-state index in [4.69, 9.17) is 18.8 Å². The molecule has 7 aromatic carbocycles. The monoisotopic (exact) mass is 1060 g/mol. The summed E-state index contributed by atoms with van der Waals surface area (Å²) in [6.45, 7) is 15.7. The predicted octanol–water partition coefficient (Wildman–Crippen LogP) is 16.0. The van der Waals surface area contributed by atoms with Crippen LogP contribution in [0.15, 0.2) is 167 Å². The molecule has 1 radical (unpaired) electrons. The molecule has 0 saturated carbocycles. The number of hydrogen-bond acceptors (Lipinski definition) is 6. The third-order valence-corrected chi connectivity index (χ3v) is 12.8. The second kappa shape index (κ2) is 17.8. The zero-order chi connectivity index (χ0) is 46.0. The molecule has 337 valence electrons. The third-order valence-electron chi connectivity index (χ3n) is 12.8. The van der Waals surface area contributed by atoms with Crippen molar-refractivity contribution in [2.24, 2.45) is 0 Å². The van der Waals surface area contributed by atoms with E-state index in [1.54, 1.807) is 6.33 Å². The SMILES string of the molecule is CC(C)(C)c1ccnc(-c2[c-]cccc2)c1.CC(C)c1cc(-c2ccccc2)cc(C(C)C)c1-n1c(-c2[c-]ccc3c2oc2cc4c(cc23)oc2ccccc24)nc2ccc3cncnc3c21.[Ir]. The first kappa shape index (κ1) is 44.6. The van der Waals surface area contributed by atoms with Crippen molar-refractivity contribution in [1.29, 1.82) is 0 Å². The van der Waals surface area contributed by atoms with Crippen molar-refractivity contribution in [3.05, 3.63) is 187 Å². The number of benzene rings is 7. The Bertz CT molecular complexity index is 3770. The fourth-order valence-corrected chi connectivity index (χ4v) is 9.33. The van der Waals surface area contributed by atoms with Crippen molar-refractivity contribution < 1.29 is 28.9 Å². The Kier molecular flexibility index (Phi) is 11.6. The van der Waals surface area contributed by atoms with Crippen LogP contribution >= 0.6 is 0 Å². The molecule has 8 heteroatoms. The van der Waals surface area contributed by atoms with Crippen LogP contribution in [0.2, 0.25) is 0 Å². The molecule has 0 fully saturated rings. The molecular weight excluding hydrogens is 1010 g/mol. The van der Waals surface area contributed by atoms with Crippen LogP contribution in [-0.2, 0) is 25.5 Å². The minimum Gasteiger partial charge on any atom is -0.501 e. The Morgan fingerprint density at radius 2 is 1.34 bits per heavy atom. The van der Waals surface area contributed by atoms with Crippen LogP contribution in [0.4, 0.5) is 0 Å². The fourth-order valence-electron chi connectivity index (χ4n) is 9.33. The van der Waals surface area contributed by atoms with E-state index in [1.807, 2.05) is 60.9 Å². The molecule has 7 nitrogen and oxygen atoms in total. The maximum atomic E-state index is 6.82. The summed E-state index contributed by atoms with van der Waals surface area (Å²) in [7, 11) is 0. The van der Waals surface area contributed by atoms with E-state index in [1.165, 1.54) is 27.8 Å². The van der Waals surface area contributed by atoms with E-state index in [-0.39, 0.29) is 37.4 Å². The number of fused-ring (bicyclic) bond motifs is 9. The number of aromatic nitrogens is 5. The number of furan rings is 2. The second-order valence-electron chi connectivity index (χ2n) is 18.9. The van der Waals surface area contributed by atoms with Crippen LogP contribution in [0.3, 0.4) is 0 Å². The first-order chi connectivity index (χ1) is 32.5. The Labute approximate surface area is 409 Å². The van der Waals surface area contributed by atoms with E-state index in [9.17, 15) is 0 Å². The summed E-state index contributed by atoms with van der Waals surface area (Å²) in [4.78, 5) is 19.0. The average Bonchev–Trinajstić information content (AvgIpc) is 4.04. The number of imidazole rings is 1. The van der Waals surface area contributed by atoms with Gasteiger partial charge in [0.05, 0.1) is 28.0 Å². The Morgan fingerprint density at radius 3 is 2.07 bits per heavy atom. The molecule has 0 atom stereocenters. The van der Waals surface area contributed by atoms with Gasteiger partial charge in [-0.15, -0.1) is 54.1 Å². The molecule has 12 rings (SSSR count). The van der Waals surface area contributed by atoms with Gasteiger partial charge in [0.25, 0.3) is 0 Å². The summed E-state index contributed by atoms with van der Waals surface area (Å²) in [5, 5.41) is 5.03. The van der Waals surface area contributed by atoms with Crippen molar-refractivity contribution in [1.82, 2.24) is 24.5 Å². The average molecular weight is 1060 g/mol.